The smallest absolute Gasteiger partial charge is 0.129 e. The second-order valence-electron chi connectivity index (χ2n) is 8.66. The third-order valence-corrected chi connectivity index (χ3v) is 6.34. The molecular weight excluding hydrogens is 324 g/mol. The lowest BCUT2D eigenvalue weighted by molar-refractivity contribution is 0.0659. The van der Waals surface area contributed by atoms with E-state index in [9.17, 15) is 5.11 Å². The Morgan fingerprint density at radius 2 is 2.08 bits per heavy atom. The van der Waals surface area contributed by atoms with E-state index in [2.05, 4.69) is 48.2 Å². The molecule has 2 fully saturated rings. The fourth-order valence-electron chi connectivity index (χ4n) is 5.13. The van der Waals surface area contributed by atoms with Gasteiger partial charge in [0, 0.05) is 18.7 Å². The van der Waals surface area contributed by atoms with E-state index in [1.54, 1.807) is 0 Å². The zero-order valence-electron chi connectivity index (χ0n) is 16.6. The molecular formula is C22H34N2O2. The fraction of sp³-hybridized carbons (Fsp3) is 0.682. The minimum Gasteiger partial charge on any atom is -0.395 e. The summed E-state index contributed by atoms with van der Waals surface area (Å²) in [6, 6.07) is 8.89. The van der Waals surface area contributed by atoms with E-state index in [-0.39, 0.29) is 6.10 Å². The molecule has 2 aliphatic rings. The predicted octanol–water partition coefficient (Wildman–Crippen LogP) is 3.69. The lowest BCUT2D eigenvalue weighted by Crippen LogP contribution is -2.34. The van der Waals surface area contributed by atoms with Crippen molar-refractivity contribution in [3.8, 4) is 0 Å². The molecule has 6 atom stereocenters. The molecule has 1 aromatic rings. The average molecular weight is 359 g/mol. The summed E-state index contributed by atoms with van der Waals surface area (Å²) >= 11 is 0. The summed E-state index contributed by atoms with van der Waals surface area (Å²) in [7, 11) is 4.05. The van der Waals surface area contributed by atoms with Crippen molar-refractivity contribution in [1.29, 1.82) is 0 Å². The molecule has 0 bridgehead atoms. The molecule has 0 radical (unpaired) electrons. The molecule has 2 aliphatic carbocycles. The van der Waals surface area contributed by atoms with Gasteiger partial charge in [0.2, 0.25) is 0 Å². The van der Waals surface area contributed by atoms with Crippen LogP contribution in [-0.2, 0) is 4.84 Å². The van der Waals surface area contributed by atoms with Crippen LogP contribution < -0.4 is 0 Å². The summed E-state index contributed by atoms with van der Waals surface area (Å²) in [6.07, 6.45) is 4.86. The van der Waals surface area contributed by atoms with E-state index in [1.165, 1.54) is 17.5 Å². The van der Waals surface area contributed by atoms with Gasteiger partial charge in [-0.1, -0.05) is 41.9 Å². The van der Waals surface area contributed by atoms with Gasteiger partial charge in [-0.3, -0.25) is 0 Å². The van der Waals surface area contributed by atoms with Crippen molar-refractivity contribution in [2.75, 3.05) is 27.2 Å². The van der Waals surface area contributed by atoms with Gasteiger partial charge in [-0.05, 0) is 69.5 Å². The SMILES string of the molecule is Cc1cccc([C@H]2CC(C)[C@H]3[C@H](C2)C(O)C[C@@H]3/C=N/OCCN(C)C)c1. The Labute approximate surface area is 158 Å². The van der Waals surface area contributed by atoms with Gasteiger partial charge in [0.25, 0.3) is 0 Å². The highest BCUT2D eigenvalue weighted by atomic mass is 16.6. The number of rotatable bonds is 6. The van der Waals surface area contributed by atoms with Gasteiger partial charge in [-0.2, -0.15) is 0 Å². The van der Waals surface area contributed by atoms with Crippen molar-refractivity contribution < 1.29 is 9.94 Å². The van der Waals surface area contributed by atoms with Gasteiger partial charge in [0.05, 0.1) is 6.10 Å². The molecule has 0 aromatic heterocycles. The zero-order chi connectivity index (χ0) is 18.7. The van der Waals surface area contributed by atoms with Gasteiger partial charge in [-0.25, -0.2) is 0 Å². The fourth-order valence-corrected chi connectivity index (χ4v) is 5.13. The lowest BCUT2D eigenvalue weighted by atomic mass is 9.66. The molecule has 26 heavy (non-hydrogen) atoms. The Hall–Kier alpha value is -1.39. The largest absolute Gasteiger partial charge is 0.395 e. The summed E-state index contributed by atoms with van der Waals surface area (Å²) < 4.78 is 0. The standard InChI is InChI=1S/C22H34N2O2/c1-15-6-5-7-17(10-15)18-11-16(2)22-19(13-21(25)20(22)12-18)14-23-26-9-8-24(3)4/h5-7,10,14,16,18-22,25H,8-9,11-13H2,1-4H3/b23-14+/t16?,18-,19+,20+,21?,22+/m0/s1. The average Bonchev–Trinajstić information content (AvgIpc) is 2.91. The minimum atomic E-state index is -0.215. The van der Waals surface area contributed by atoms with Crippen LogP contribution in [0.3, 0.4) is 0 Å². The number of likely N-dealkylation sites (N-methyl/N-ethyl adjacent to an activating group) is 1. The number of benzene rings is 1. The molecule has 0 amide bonds. The van der Waals surface area contributed by atoms with Crippen LogP contribution in [-0.4, -0.2) is 49.6 Å². The highest BCUT2D eigenvalue weighted by Gasteiger charge is 2.48. The summed E-state index contributed by atoms with van der Waals surface area (Å²) in [5, 5.41) is 14.9. The number of aliphatic hydroxyl groups excluding tert-OH is 1. The van der Waals surface area contributed by atoms with Crippen LogP contribution in [0, 0.1) is 30.6 Å². The third kappa shape index (κ3) is 4.47. The van der Waals surface area contributed by atoms with Crippen LogP contribution in [0.25, 0.3) is 0 Å². The van der Waals surface area contributed by atoms with E-state index < -0.39 is 0 Å². The van der Waals surface area contributed by atoms with E-state index in [0.29, 0.717) is 36.2 Å². The maximum Gasteiger partial charge on any atom is 0.129 e. The molecule has 0 heterocycles. The Morgan fingerprint density at radius 3 is 2.81 bits per heavy atom. The van der Waals surface area contributed by atoms with Crippen LogP contribution in [0.1, 0.15) is 43.2 Å². The highest BCUT2D eigenvalue weighted by Crippen LogP contribution is 2.52. The van der Waals surface area contributed by atoms with Crippen LogP contribution in [0.4, 0.5) is 0 Å². The van der Waals surface area contributed by atoms with E-state index in [4.69, 9.17) is 4.84 Å². The number of oxime groups is 1. The molecule has 0 aliphatic heterocycles. The van der Waals surface area contributed by atoms with Crippen molar-refractivity contribution >= 4 is 6.21 Å². The number of aliphatic hydroxyl groups is 1. The van der Waals surface area contributed by atoms with E-state index >= 15 is 0 Å². The first-order chi connectivity index (χ1) is 12.5. The predicted molar refractivity (Wildman–Crippen MR) is 106 cm³/mol. The number of hydrogen-bond acceptors (Lipinski definition) is 4. The minimum absolute atomic E-state index is 0.215. The first-order valence-corrected chi connectivity index (χ1v) is 10.0. The molecule has 1 aromatic carbocycles. The quantitative estimate of drug-likeness (QED) is 0.479. The van der Waals surface area contributed by atoms with Crippen LogP contribution in [0.2, 0.25) is 0 Å². The van der Waals surface area contributed by atoms with Gasteiger partial charge in [0.1, 0.15) is 6.61 Å². The first kappa shape index (κ1) is 19.4. The zero-order valence-corrected chi connectivity index (χ0v) is 16.6. The van der Waals surface area contributed by atoms with Gasteiger partial charge in [-0.15, -0.1) is 0 Å². The van der Waals surface area contributed by atoms with Crippen molar-refractivity contribution in [3.63, 3.8) is 0 Å². The number of fused-ring (bicyclic) bond motifs is 1. The summed E-state index contributed by atoms with van der Waals surface area (Å²) in [5.41, 5.74) is 2.76. The van der Waals surface area contributed by atoms with Crippen molar-refractivity contribution in [3.05, 3.63) is 35.4 Å². The molecule has 2 saturated carbocycles. The normalized spacial score (nSPS) is 34.4. The second kappa shape index (κ2) is 8.53. The summed E-state index contributed by atoms with van der Waals surface area (Å²) in [5.74, 6) is 2.39. The maximum atomic E-state index is 10.7. The maximum absolute atomic E-state index is 10.7. The van der Waals surface area contributed by atoms with Crippen LogP contribution >= 0.6 is 0 Å². The Morgan fingerprint density at radius 1 is 1.27 bits per heavy atom. The van der Waals surface area contributed by atoms with Gasteiger partial charge in [0.15, 0.2) is 0 Å². The lowest BCUT2D eigenvalue weighted by Gasteiger charge is -2.39. The Balaban J connectivity index is 1.63. The molecule has 4 heteroatoms. The summed E-state index contributed by atoms with van der Waals surface area (Å²) in [4.78, 5) is 7.49. The third-order valence-electron chi connectivity index (χ3n) is 6.34. The van der Waals surface area contributed by atoms with Crippen LogP contribution in [0.5, 0.6) is 0 Å². The molecule has 1 N–H and O–H groups in total. The molecule has 3 rings (SSSR count). The molecule has 4 nitrogen and oxygen atoms in total. The van der Waals surface area contributed by atoms with Crippen LogP contribution in [0.15, 0.2) is 29.4 Å². The van der Waals surface area contributed by atoms with E-state index in [1.807, 2.05) is 20.3 Å². The second-order valence-corrected chi connectivity index (χ2v) is 8.66. The molecule has 0 saturated heterocycles. The highest BCUT2D eigenvalue weighted by molar-refractivity contribution is 5.61. The number of nitrogens with zero attached hydrogens (tertiary/aromatic N) is 2. The van der Waals surface area contributed by atoms with E-state index in [0.717, 1.165) is 19.4 Å². The molecule has 2 unspecified atom stereocenters. The number of hydrogen-bond donors (Lipinski definition) is 1. The van der Waals surface area contributed by atoms with Crippen molar-refractivity contribution in [1.82, 2.24) is 4.90 Å². The van der Waals surface area contributed by atoms with Crippen molar-refractivity contribution in [2.24, 2.45) is 28.8 Å². The monoisotopic (exact) mass is 358 g/mol. The van der Waals surface area contributed by atoms with Gasteiger partial charge < -0.3 is 14.8 Å². The van der Waals surface area contributed by atoms with Gasteiger partial charge >= 0.3 is 0 Å². The molecule has 144 valence electrons. The topological polar surface area (TPSA) is 45.1 Å². The first-order valence-electron chi connectivity index (χ1n) is 10.0. The Bertz CT molecular complexity index is 616. The van der Waals surface area contributed by atoms with Crippen molar-refractivity contribution in [2.45, 2.75) is 45.1 Å². The molecule has 0 spiro atoms. The Kier molecular flexibility index (Phi) is 6.36. The summed E-state index contributed by atoms with van der Waals surface area (Å²) in [6.45, 7) is 5.99. The number of aryl methyl sites for hydroxylation is 1.